The van der Waals surface area contributed by atoms with Crippen LogP contribution in [0.25, 0.3) is 5.83 Å². The molecular formula is C23H23FN2O4S. The zero-order valence-electron chi connectivity index (χ0n) is 17.1. The molecule has 1 aliphatic heterocycles. The minimum absolute atomic E-state index is 0.0406. The van der Waals surface area contributed by atoms with Gasteiger partial charge in [0, 0.05) is 36.7 Å². The van der Waals surface area contributed by atoms with Crippen molar-refractivity contribution in [1.82, 2.24) is 4.31 Å². The molecule has 162 valence electrons. The largest absolute Gasteiger partial charge is 0.269 e. The van der Waals surface area contributed by atoms with Crippen LogP contribution in [-0.4, -0.2) is 30.7 Å². The Morgan fingerprint density at radius 2 is 1.77 bits per heavy atom. The number of nitro benzene ring substituents is 1. The number of rotatable bonds is 4. The first-order chi connectivity index (χ1) is 14.8. The fraction of sp³-hybridized carbons (Fsp3) is 0.304. The third-order valence-electron chi connectivity index (χ3n) is 5.95. The topological polar surface area (TPSA) is 80.5 Å². The van der Waals surface area contributed by atoms with Crippen molar-refractivity contribution in [2.75, 3.05) is 13.1 Å². The third kappa shape index (κ3) is 4.18. The smallest absolute Gasteiger partial charge is 0.258 e. The van der Waals surface area contributed by atoms with E-state index >= 15 is 4.39 Å². The average Bonchev–Trinajstić information content (AvgIpc) is 2.78. The number of hydrogen-bond donors (Lipinski definition) is 0. The number of sulfonamides is 1. The van der Waals surface area contributed by atoms with Crippen molar-refractivity contribution in [1.29, 1.82) is 0 Å². The molecule has 1 unspecified atom stereocenters. The number of aryl methyl sites for hydroxylation is 1. The highest BCUT2D eigenvalue weighted by atomic mass is 32.2. The zero-order valence-corrected chi connectivity index (χ0v) is 17.9. The van der Waals surface area contributed by atoms with E-state index < -0.39 is 20.8 Å². The van der Waals surface area contributed by atoms with E-state index in [1.807, 2.05) is 13.0 Å². The molecule has 8 heteroatoms. The second kappa shape index (κ2) is 8.36. The lowest BCUT2D eigenvalue weighted by atomic mass is 9.79. The lowest BCUT2D eigenvalue weighted by Gasteiger charge is -2.38. The number of halogens is 1. The standard InChI is InChI=1S/C23H23FN2O4S/c1-16-6-12-20(13-7-16)31(29,30)25-14-18-4-2-3-5-21(18)22(15-25)23(24)17-8-10-19(11-9-17)26(27)28/h4,6-13,21H,2-3,5,14-15H2,1H3/b23-22+. The summed E-state index contributed by atoms with van der Waals surface area (Å²) in [6.45, 7) is 2.09. The van der Waals surface area contributed by atoms with Gasteiger partial charge in [-0.1, -0.05) is 29.3 Å². The Bertz CT molecular complexity index is 1170. The van der Waals surface area contributed by atoms with Crippen LogP contribution in [0.3, 0.4) is 0 Å². The first-order valence-electron chi connectivity index (χ1n) is 10.2. The molecule has 1 aliphatic carbocycles. The summed E-state index contributed by atoms with van der Waals surface area (Å²) < 4.78 is 43.5. The van der Waals surface area contributed by atoms with Crippen molar-refractivity contribution in [2.24, 2.45) is 5.92 Å². The highest BCUT2D eigenvalue weighted by Gasteiger charge is 2.37. The number of nitro groups is 1. The molecule has 0 radical (unpaired) electrons. The van der Waals surface area contributed by atoms with Gasteiger partial charge < -0.3 is 0 Å². The summed E-state index contributed by atoms with van der Waals surface area (Å²) in [4.78, 5) is 10.5. The summed E-state index contributed by atoms with van der Waals surface area (Å²) in [6, 6.07) is 11.9. The van der Waals surface area contributed by atoms with Crippen molar-refractivity contribution in [3.63, 3.8) is 0 Å². The van der Waals surface area contributed by atoms with Crippen LogP contribution in [0, 0.1) is 23.0 Å². The summed E-state index contributed by atoms with van der Waals surface area (Å²) in [5, 5.41) is 10.9. The van der Waals surface area contributed by atoms with Crippen LogP contribution in [0.1, 0.15) is 30.4 Å². The quantitative estimate of drug-likeness (QED) is 0.378. The predicted octanol–water partition coefficient (Wildman–Crippen LogP) is 5.01. The van der Waals surface area contributed by atoms with E-state index in [4.69, 9.17) is 0 Å². The summed E-state index contributed by atoms with van der Waals surface area (Å²) in [7, 11) is -3.79. The van der Waals surface area contributed by atoms with Gasteiger partial charge in [0.1, 0.15) is 5.83 Å². The Labute approximate surface area is 180 Å². The number of allylic oxidation sites excluding steroid dienone is 1. The second-order valence-corrected chi connectivity index (χ2v) is 9.93. The number of hydrogen-bond acceptors (Lipinski definition) is 4. The molecule has 1 heterocycles. The van der Waals surface area contributed by atoms with E-state index in [-0.39, 0.29) is 35.2 Å². The lowest BCUT2D eigenvalue weighted by Crippen LogP contribution is -2.42. The minimum atomic E-state index is -3.79. The van der Waals surface area contributed by atoms with Gasteiger partial charge >= 0.3 is 0 Å². The number of fused-ring (bicyclic) bond motifs is 1. The molecular weight excluding hydrogens is 419 g/mol. The molecule has 0 bridgehead atoms. The normalized spacial score (nSPS) is 21.2. The SMILES string of the molecule is Cc1ccc(S(=O)(=O)N2CC3=CCCCC3/C(=C(/F)c3ccc([N+](=O)[O-])cc3)C2)cc1. The van der Waals surface area contributed by atoms with E-state index in [1.54, 1.807) is 24.3 Å². The fourth-order valence-corrected chi connectivity index (χ4v) is 5.64. The van der Waals surface area contributed by atoms with Gasteiger partial charge in [0.05, 0.1) is 9.82 Å². The van der Waals surface area contributed by atoms with Gasteiger partial charge in [-0.3, -0.25) is 10.1 Å². The van der Waals surface area contributed by atoms with Crippen LogP contribution in [0.15, 0.2) is 70.6 Å². The number of piperidine rings is 1. The van der Waals surface area contributed by atoms with Gasteiger partial charge in [-0.25, -0.2) is 12.8 Å². The minimum Gasteiger partial charge on any atom is -0.258 e. The van der Waals surface area contributed by atoms with Crippen LogP contribution >= 0.6 is 0 Å². The molecule has 2 aliphatic rings. The van der Waals surface area contributed by atoms with Crippen molar-refractivity contribution < 1.29 is 17.7 Å². The fourth-order valence-electron chi connectivity index (χ4n) is 4.24. The van der Waals surface area contributed by atoms with E-state index in [0.29, 0.717) is 5.57 Å². The molecule has 6 nitrogen and oxygen atoms in total. The average molecular weight is 443 g/mol. The molecule has 1 saturated heterocycles. The molecule has 0 saturated carbocycles. The Morgan fingerprint density at radius 3 is 2.42 bits per heavy atom. The van der Waals surface area contributed by atoms with Crippen LogP contribution in [0.5, 0.6) is 0 Å². The van der Waals surface area contributed by atoms with Gasteiger partial charge in [0.15, 0.2) is 0 Å². The molecule has 1 fully saturated rings. The van der Waals surface area contributed by atoms with Crippen LogP contribution in [0.2, 0.25) is 0 Å². The monoisotopic (exact) mass is 442 g/mol. The first-order valence-corrected chi connectivity index (χ1v) is 11.6. The molecule has 2 aromatic carbocycles. The third-order valence-corrected chi connectivity index (χ3v) is 7.76. The molecule has 31 heavy (non-hydrogen) atoms. The Balaban J connectivity index is 1.75. The van der Waals surface area contributed by atoms with Gasteiger partial charge in [-0.2, -0.15) is 4.31 Å². The molecule has 0 N–H and O–H groups in total. The van der Waals surface area contributed by atoms with Crippen LogP contribution in [-0.2, 0) is 10.0 Å². The summed E-state index contributed by atoms with van der Waals surface area (Å²) >= 11 is 0. The van der Waals surface area contributed by atoms with Crippen LogP contribution in [0.4, 0.5) is 10.1 Å². The molecule has 1 atom stereocenters. The van der Waals surface area contributed by atoms with E-state index in [0.717, 1.165) is 30.4 Å². The summed E-state index contributed by atoms with van der Waals surface area (Å²) in [6.07, 6.45) is 4.54. The van der Waals surface area contributed by atoms with Crippen molar-refractivity contribution in [3.8, 4) is 0 Å². The van der Waals surface area contributed by atoms with Crippen molar-refractivity contribution in [2.45, 2.75) is 31.1 Å². The molecule has 2 aromatic rings. The lowest BCUT2D eigenvalue weighted by molar-refractivity contribution is -0.384. The van der Waals surface area contributed by atoms with E-state index in [1.165, 1.54) is 28.6 Å². The Hall–Kier alpha value is -2.84. The van der Waals surface area contributed by atoms with E-state index in [9.17, 15) is 18.5 Å². The molecule has 0 aromatic heterocycles. The number of nitrogens with zero attached hydrogens (tertiary/aromatic N) is 2. The molecule has 0 amide bonds. The second-order valence-electron chi connectivity index (χ2n) is 7.99. The predicted molar refractivity (Wildman–Crippen MR) is 116 cm³/mol. The summed E-state index contributed by atoms with van der Waals surface area (Å²) in [5.74, 6) is -0.648. The van der Waals surface area contributed by atoms with Gasteiger partial charge in [0.2, 0.25) is 10.0 Å². The maximum atomic E-state index is 15.6. The van der Waals surface area contributed by atoms with Gasteiger partial charge in [-0.15, -0.1) is 0 Å². The van der Waals surface area contributed by atoms with Gasteiger partial charge in [-0.05, 0) is 56.0 Å². The first kappa shape index (κ1) is 21.4. The summed E-state index contributed by atoms with van der Waals surface area (Å²) in [5.41, 5.74) is 2.39. The van der Waals surface area contributed by atoms with E-state index in [2.05, 4.69) is 0 Å². The molecule has 4 rings (SSSR count). The maximum absolute atomic E-state index is 15.6. The maximum Gasteiger partial charge on any atom is 0.269 e. The highest BCUT2D eigenvalue weighted by Crippen LogP contribution is 2.41. The number of non-ortho nitro benzene ring substituents is 1. The van der Waals surface area contributed by atoms with Crippen molar-refractivity contribution >= 4 is 21.5 Å². The van der Waals surface area contributed by atoms with Crippen LogP contribution < -0.4 is 0 Å². The van der Waals surface area contributed by atoms with Crippen molar-refractivity contribution in [3.05, 3.63) is 87.0 Å². The Morgan fingerprint density at radius 1 is 1.10 bits per heavy atom. The Kier molecular flexibility index (Phi) is 5.77. The number of benzene rings is 2. The van der Waals surface area contributed by atoms with Gasteiger partial charge in [0.25, 0.3) is 5.69 Å². The zero-order chi connectivity index (χ0) is 22.2. The highest BCUT2D eigenvalue weighted by molar-refractivity contribution is 7.89. The molecule has 0 spiro atoms.